The summed E-state index contributed by atoms with van der Waals surface area (Å²) in [5, 5.41) is 5.89. The van der Waals surface area contributed by atoms with Gasteiger partial charge in [-0.2, -0.15) is 0 Å². The molecular weight excluding hydrogens is 394 g/mol. The van der Waals surface area contributed by atoms with E-state index in [2.05, 4.69) is 15.6 Å². The molecule has 8 heteroatoms. The Morgan fingerprint density at radius 3 is 2.81 bits per heavy atom. The highest BCUT2D eigenvalue weighted by Crippen LogP contribution is 2.28. The Morgan fingerprint density at radius 2 is 2.03 bits per heavy atom. The lowest BCUT2D eigenvalue weighted by Gasteiger charge is -2.32. The molecule has 0 spiro atoms. The maximum atomic E-state index is 13.0. The van der Waals surface area contributed by atoms with Crippen LogP contribution in [0.2, 0.25) is 0 Å². The summed E-state index contributed by atoms with van der Waals surface area (Å²) in [6, 6.07) is 6.99. The molecule has 2 aromatic rings. The van der Waals surface area contributed by atoms with E-state index in [1.54, 1.807) is 41.7 Å². The van der Waals surface area contributed by atoms with E-state index in [1.807, 2.05) is 10.8 Å². The van der Waals surface area contributed by atoms with Gasteiger partial charge in [0.05, 0.1) is 12.2 Å². The Labute approximate surface area is 182 Å². The van der Waals surface area contributed by atoms with Gasteiger partial charge in [-0.05, 0) is 49.8 Å². The molecule has 31 heavy (non-hydrogen) atoms. The Balaban J connectivity index is 1.31. The van der Waals surface area contributed by atoms with Gasteiger partial charge < -0.3 is 20.1 Å². The fourth-order valence-corrected chi connectivity index (χ4v) is 3.87. The number of hydrogen-bond acceptors (Lipinski definition) is 4. The number of hydrogen-bond donors (Lipinski definition) is 2. The van der Waals surface area contributed by atoms with E-state index in [9.17, 15) is 14.4 Å². The fraction of sp³-hybridized carbons (Fsp3) is 0.478. The molecule has 4 rings (SSSR count). The quantitative estimate of drug-likeness (QED) is 0.681. The summed E-state index contributed by atoms with van der Waals surface area (Å²) in [4.78, 5) is 43.4. The number of likely N-dealkylation sites (tertiary alicyclic amines) is 1. The second-order valence-corrected chi connectivity index (χ2v) is 8.46. The molecule has 2 fully saturated rings. The van der Waals surface area contributed by atoms with Gasteiger partial charge in [0.1, 0.15) is 0 Å². The van der Waals surface area contributed by atoms with Gasteiger partial charge in [-0.25, -0.2) is 4.98 Å². The highest BCUT2D eigenvalue weighted by molar-refractivity contribution is 5.97. The Kier molecular flexibility index (Phi) is 6.64. The van der Waals surface area contributed by atoms with Crippen LogP contribution in [-0.4, -0.2) is 51.8 Å². The Bertz CT molecular complexity index is 923. The van der Waals surface area contributed by atoms with Crippen LogP contribution in [0.3, 0.4) is 0 Å². The molecule has 2 heterocycles. The normalized spacial score (nSPS) is 18.5. The van der Waals surface area contributed by atoms with Crippen molar-refractivity contribution in [2.45, 2.75) is 38.6 Å². The summed E-state index contributed by atoms with van der Waals surface area (Å²) in [7, 11) is 0. The number of nitrogens with zero attached hydrogens (tertiary/aromatic N) is 3. The lowest BCUT2D eigenvalue weighted by atomic mass is 9.96. The molecule has 2 aliphatic rings. The molecular formula is C23H29N5O3. The molecule has 164 valence electrons. The number of aryl methyl sites for hydroxylation is 1. The average Bonchev–Trinajstić information content (AvgIpc) is 3.48. The number of rotatable bonds is 8. The van der Waals surface area contributed by atoms with Crippen LogP contribution in [0.25, 0.3) is 0 Å². The summed E-state index contributed by atoms with van der Waals surface area (Å²) < 4.78 is 1.84. The van der Waals surface area contributed by atoms with Crippen molar-refractivity contribution in [3.8, 4) is 0 Å². The number of piperidine rings is 1. The van der Waals surface area contributed by atoms with Crippen LogP contribution in [0.1, 0.15) is 42.5 Å². The number of imidazole rings is 1. The number of carbonyl (C=O) groups is 3. The van der Waals surface area contributed by atoms with Gasteiger partial charge in [0.2, 0.25) is 11.8 Å². The molecule has 0 radical (unpaired) electrons. The largest absolute Gasteiger partial charge is 0.356 e. The van der Waals surface area contributed by atoms with Crippen molar-refractivity contribution in [1.29, 1.82) is 0 Å². The molecule has 0 bridgehead atoms. The average molecular weight is 424 g/mol. The first-order chi connectivity index (χ1) is 15.1. The van der Waals surface area contributed by atoms with E-state index in [0.717, 1.165) is 19.4 Å². The monoisotopic (exact) mass is 423 g/mol. The molecule has 1 saturated heterocycles. The van der Waals surface area contributed by atoms with Crippen molar-refractivity contribution in [2.75, 3.05) is 25.0 Å². The predicted molar refractivity (Wildman–Crippen MR) is 116 cm³/mol. The van der Waals surface area contributed by atoms with Gasteiger partial charge in [-0.15, -0.1) is 0 Å². The zero-order valence-electron chi connectivity index (χ0n) is 17.6. The zero-order valence-corrected chi connectivity index (χ0v) is 17.6. The maximum absolute atomic E-state index is 13.0. The van der Waals surface area contributed by atoms with Crippen LogP contribution in [0, 0.1) is 11.8 Å². The number of anilines is 1. The molecule has 1 atom stereocenters. The summed E-state index contributed by atoms with van der Waals surface area (Å²) in [6.07, 6.45) is 9.51. The van der Waals surface area contributed by atoms with Crippen molar-refractivity contribution in [3.05, 3.63) is 48.5 Å². The van der Waals surface area contributed by atoms with E-state index in [1.165, 1.54) is 12.8 Å². The van der Waals surface area contributed by atoms with E-state index >= 15 is 0 Å². The third-order valence-electron chi connectivity index (χ3n) is 5.89. The Morgan fingerprint density at radius 1 is 1.16 bits per heavy atom. The van der Waals surface area contributed by atoms with Gasteiger partial charge in [-0.3, -0.25) is 14.4 Å². The van der Waals surface area contributed by atoms with E-state index in [-0.39, 0.29) is 23.6 Å². The maximum Gasteiger partial charge on any atom is 0.253 e. The third-order valence-corrected chi connectivity index (χ3v) is 5.89. The van der Waals surface area contributed by atoms with Crippen molar-refractivity contribution >= 4 is 23.4 Å². The van der Waals surface area contributed by atoms with Crippen molar-refractivity contribution in [1.82, 2.24) is 19.8 Å². The standard InChI is InChI=1S/C23H29N5O3/c29-21(8-11-27-12-9-24-16-27)26-20-5-1-3-18(13-20)23(31)28-10-2-4-19(15-28)22(30)25-14-17-6-7-17/h1,3,5,9,12-13,16-17,19H,2,4,6-8,10-11,14-15H2,(H,25,30)(H,26,29). The van der Waals surface area contributed by atoms with Gasteiger partial charge in [0.15, 0.2) is 0 Å². The van der Waals surface area contributed by atoms with Crippen LogP contribution in [0.4, 0.5) is 5.69 Å². The first kappa shape index (κ1) is 21.1. The van der Waals surface area contributed by atoms with Crippen molar-refractivity contribution in [3.63, 3.8) is 0 Å². The summed E-state index contributed by atoms with van der Waals surface area (Å²) in [5.41, 5.74) is 1.11. The van der Waals surface area contributed by atoms with Crippen LogP contribution in [-0.2, 0) is 16.1 Å². The number of nitrogens with one attached hydrogen (secondary N) is 2. The van der Waals surface area contributed by atoms with Crippen LogP contribution < -0.4 is 10.6 Å². The van der Waals surface area contributed by atoms with Gasteiger partial charge in [-0.1, -0.05) is 6.07 Å². The molecule has 1 aliphatic carbocycles. The van der Waals surface area contributed by atoms with Gasteiger partial charge >= 0.3 is 0 Å². The lowest BCUT2D eigenvalue weighted by molar-refractivity contribution is -0.126. The minimum atomic E-state index is -0.150. The van der Waals surface area contributed by atoms with Crippen LogP contribution in [0.15, 0.2) is 43.0 Å². The molecule has 1 saturated carbocycles. The van der Waals surface area contributed by atoms with E-state index in [0.29, 0.717) is 43.2 Å². The fourth-order valence-electron chi connectivity index (χ4n) is 3.87. The second kappa shape index (κ2) is 9.76. The van der Waals surface area contributed by atoms with Gasteiger partial charge in [0, 0.05) is 56.2 Å². The minimum Gasteiger partial charge on any atom is -0.356 e. The summed E-state index contributed by atoms with van der Waals surface area (Å²) >= 11 is 0. The highest BCUT2D eigenvalue weighted by atomic mass is 16.2. The predicted octanol–water partition coefficient (Wildman–Crippen LogP) is 2.29. The number of carbonyl (C=O) groups excluding carboxylic acids is 3. The highest BCUT2D eigenvalue weighted by Gasteiger charge is 2.30. The second-order valence-electron chi connectivity index (χ2n) is 8.46. The first-order valence-corrected chi connectivity index (χ1v) is 11.0. The molecule has 1 unspecified atom stereocenters. The van der Waals surface area contributed by atoms with E-state index in [4.69, 9.17) is 0 Å². The number of aromatic nitrogens is 2. The molecule has 8 nitrogen and oxygen atoms in total. The van der Waals surface area contributed by atoms with Crippen LogP contribution >= 0.6 is 0 Å². The number of amides is 3. The van der Waals surface area contributed by atoms with Crippen molar-refractivity contribution < 1.29 is 14.4 Å². The van der Waals surface area contributed by atoms with Crippen LogP contribution in [0.5, 0.6) is 0 Å². The number of benzene rings is 1. The smallest absolute Gasteiger partial charge is 0.253 e. The molecule has 3 amide bonds. The molecule has 1 aromatic carbocycles. The lowest BCUT2D eigenvalue weighted by Crippen LogP contribution is -2.45. The van der Waals surface area contributed by atoms with E-state index < -0.39 is 0 Å². The summed E-state index contributed by atoms with van der Waals surface area (Å²) in [5.74, 6) is 0.326. The summed E-state index contributed by atoms with van der Waals surface area (Å²) in [6.45, 7) is 2.39. The topological polar surface area (TPSA) is 96.3 Å². The first-order valence-electron chi connectivity index (χ1n) is 11.0. The minimum absolute atomic E-state index is 0.0586. The van der Waals surface area contributed by atoms with Crippen molar-refractivity contribution in [2.24, 2.45) is 11.8 Å². The molecule has 1 aliphatic heterocycles. The molecule has 1 aromatic heterocycles. The SMILES string of the molecule is O=C(CCn1ccnc1)Nc1cccc(C(=O)N2CCCC(C(=O)NCC3CC3)C2)c1. The van der Waals surface area contributed by atoms with Gasteiger partial charge in [0.25, 0.3) is 5.91 Å². The Hall–Kier alpha value is -3.16. The zero-order chi connectivity index (χ0) is 21.6. The third kappa shape index (κ3) is 5.93. The molecule has 2 N–H and O–H groups in total.